The molecule has 4 atom stereocenters. The van der Waals surface area contributed by atoms with Crippen LogP contribution in [0, 0.1) is 17.8 Å². The number of rotatable bonds is 2. The number of hydrogen-bond donors (Lipinski definition) is 1. The second-order valence-corrected chi connectivity index (χ2v) is 6.77. The van der Waals surface area contributed by atoms with Gasteiger partial charge in [-0.3, -0.25) is 0 Å². The molecule has 2 saturated carbocycles. The molecule has 0 radical (unpaired) electrons. The molecular weight excluding hydrogens is 300 g/mol. The third kappa shape index (κ3) is 2.16. The Bertz CT molecular complexity index is 434. The van der Waals surface area contributed by atoms with E-state index >= 15 is 0 Å². The summed E-state index contributed by atoms with van der Waals surface area (Å²) in [6.07, 6.45) is 4.77. The lowest BCUT2D eigenvalue weighted by Gasteiger charge is -2.27. The van der Waals surface area contributed by atoms with E-state index in [1.54, 1.807) is 0 Å². The van der Waals surface area contributed by atoms with Crippen molar-refractivity contribution in [3.8, 4) is 0 Å². The summed E-state index contributed by atoms with van der Waals surface area (Å²) in [6, 6.07) is 5.77. The molecule has 0 heterocycles. The van der Waals surface area contributed by atoms with E-state index in [0.717, 1.165) is 21.9 Å². The maximum atomic E-state index is 10.5. The molecule has 17 heavy (non-hydrogen) atoms. The van der Waals surface area contributed by atoms with Crippen LogP contribution in [0.4, 0.5) is 0 Å². The molecule has 0 amide bonds. The zero-order valence-corrected chi connectivity index (χ0v) is 11.9. The summed E-state index contributed by atoms with van der Waals surface area (Å²) in [5.74, 6) is 2.00. The smallest absolute Gasteiger partial charge is 0.0835 e. The van der Waals surface area contributed by atoms with Gasteiger partial charge in [-0.15, -0.1) is 0 Å². The van der Waals surface area contributed by atoms with Crippen molar-refractivity contribution in [3.63, 3.8) is 0 Å². The highest BCUT2D eigenvalue weighted by molar-refractivity contribution is 9.10. The van der Waals surface area contributed by atoms with Crippen LogP contribution in [0.15, 0.2) is 22.7 Å². The molecule has 2 aliphatic rings. The van der Waals surface area contributed by atoms with Crippen LogP contribution in [0.5, 0.6) is 0 Å². The molecule has 0 spiro atoms. The van der Waals surface area contributed by atoms with Crippen molar-refractivity contribution in [1.29, 1.82) is 0 Å². The predicted molar refractivity (Wildman–Crippen MR) is 73.0 cm³/mol. The maximum Gasteiger partial charge on any atom is 0.0835 e. The van der Waals surface area contributed by atoms with Gasteiger partial charge in [-0.25, -0.2) is 0 Å². The van der Waals surface area contributed by atoms with Crippen molar-refractivity contribution < 1.29 is 5.11 Å². The van der Waals surface area contributed by atoms with Crippen molar-refractivity contribution in [2.45, 2.75) is 31.8 Å². The topological polar surface area (TPSA) is 20.2 Å². The predicted octanol–water partition coefficient (Wildman–Crippen LogP) is 4.57. The van der Waals surface area contributed by atoms with Gasteiger partial charge in [0.1, 0.15) is 0 Å². The minimum atomic E-state index is -0.383. The van der Waals surface area contributed by atoms with Gasteiger partial charge in [0.25, 0.3) is 0 Å². The minimum Gasteiger partial charge on any atom is -0.388 e. The van der Waals surface area contributed by atoms with Gasteiger partial charge in [-0.05, 0) is 54.7 Å². The van der Waals surface area contributed by atoms with Gasteiger partial charge >= 0.3 is 0 Å². The van der Waals surface area contributed by atoms with E-state index < -0.39 is 0 Å². The van der Waals surface area contributed by atoms with Gasteiger partial charge in [-0.2, -0.15) is 0 Å². The van der Waals surface area contributed by atoms with Crippen molar-refractivity contribution in [1.82, 2.24) is 0 Å². The van der Waals surface area contributed by atoms with Crippen LogP contribution in [0.25, 0.3) is 0 Å². The van der Waals surface area contributed by atoms with E-state index in [-0.39, 0.29) is 6.10 Å². The van der Waals surface area contributed by atoms with E-state index in [4.69, 9.17) is 11.6 Å². The Morgan fingerprint density at radius 2 is 2.12 bits per heavy atom. The number of aliphatic hydroxyl groups excluding tert-OH is 1. The fraction of sp³-hybridized carbons (Fsp3) is 0.571. The standard InChI is InChI=1S/C14H16BrClO/c15-10-3-4-11(13(16)7-10)14(17)12-6-8-1-2-9(12)5-8/h3-4,7-9,12,14,17H,1-2,5-6H2. The highest BCUT2D eigenvalue weighted by Crippen LogP contribution is 2.53. The van der Waals surface area contributed by atoms with Crippen LogP contribution in [0.2, 0.25) is 5.02 Å². The lowest BCUT2D eigenvalue weighted by Crippen LogP contribution is -2.19. The first-order valence-electron chi connectivity index (χ1n) is 6.28. The zero-order valence-electron chi connectivity index (χ0n) is 9.57. The molecule has 0 aromatic heterocycles. The summed E-state index contributed by atoms with van der Waals surface area (Å²) < 4.78 is 0.964. The van der Waals surface area contributed by atoms with Gasteiger partial charge in [0.15, 0.2) is 0 Å². The van der Waals surface area contributed by atoms with Crippen molar-refractivity contribution in [3.05, 3.63) is 33.3 Å². The van der Waals surface area contributed by atoms with E-state index in [2.05, 4.69) is 15.9 Å². The summed E-state index contributed by atoms with van der Waals surface area (Å²) in [5, 5.41) is 11.2. The number of halogens is 2. The molecule has 3 rings (SSSR count). The first-order valence-corrected chi connectivity index (χ1v) is 7.45. The molecule has 0 aliphatic heterocycles. The molecule has 1 N–H and O–H groups in total. The van der Waals surface area contributed by atoms with Crippen LogP contribution in [0.1, 0.15) is 37.4 Å². The Hall–Kier alpha value is -0.0500. The molecule has 1 aromatic rings. The fourth-order valence-corrected chi connectivity index (χ4v) is 4.44. The lowest BCUT2D eigenvalue weighted by atomic mass is 9.82. The summed E-state index contributed by atoms with van der Waals surface area (Å²) in [6.45, 7) is 0. The third-order valence-electron chi connectivity index (χ3n) is 4.48. The second-order valence-electron chi connectivity index (χ2n) is 5.45. The van der Waals surface area contributed by atoms with Crippen LogP contribution in [-0.4, -0.2) is 5.11 Å². The summed E-state index contributed by atoms with van der Waals surface area (Å²) in [4.78, 5) is 0. The quantitative estimate of drug-likeness (QED) is 0.847. The van der Waals surface area contributed by atoms with Crippen LogP contribution in [0.3, 0.4) is 0 Å². The van der Waals surface area contributed by atoms with Gasteiger partial charge in [-0.1, -0.05) is 40.0 Å². The molecule has 4 unspecified atom stereocenters. The van der Waals surface area contributed by atoms with Gasteiger partial charge in [0.05, 0.1) is 6.10 Å². The van der Waals surface area contributed by atoms with Gasteiger partial charge < -0.3 is 5.11 Å². The maximum absolute atomic E-state index is 10.5. The third-order valence-corrected chi connectivity index (χ3v) is 5.30. The lowest BCUT2D eigenvalue weighted by molar-refractivity contribution is 0.0746. The summed E-state index contributed by atoms with van der Waals surface area (Å²) >= 11 is 9.61. The molecule has 2 bridgehead atoms. The Morgan fingerprint density at radius 3 is 2.71 bits per heavy atom. The van der Waals surface area contributed by atoms with E-state index in [1.165, 1.54) is 25.7 Å². The van der Waals surface area contributed by atoms with Crippen LogP contribution in [-0.2, 0) is 0 Å². The van der Waals surface area contributed by atoms with Gasteiger partial charge in [0.2, 0.25) is 0 Å². The average molecular weight is 316 g/mol. The number of hydrogen-bond acceptors (Lipinski definition) is 1. The monoisotopic (exact) mass is 314 g/mol. The SMILES string of the molecule is OC(c1ccc(Br)cc1Cl)C1CC2CCC1C2. The first kappa shape index (κ1) is 12.0. The van der Waals surface area contributed by atoms with Crippen molar-refractivity contribution in [2.24, 2.45) is 17.8 Å². The molecule has 3 heteroatoms. The highest BCUT2D eigenvalue weighted by Gasteiger charge is 2.43. The number of aliphatic hydroxyl groups is 1. The largest absolute Gasteiger partial charge is 0.388 e. The van der Waals surface area contributed by atoms with Crippen LogP contribution < -0.4 is 0 Å². The molecule has 2 fully saturated rings. The number of benzene rings is 1. The van der Waals surface area contributed by atoms with Crippen LogP contribution >= 0.6 is 27.5 Å². The Balaban J connectivity index is 1.84. The molecular formula is C14H16BrClO. The minimum absolute atomic E-state index is 0.383. The second kappa shape index (κ2) is 4.56. The normalized spacial score (nSPS) is 33.0. The number of fused-ring (bicyclic) bond motifs is 2. The molecule has 1 aromatic carbocycles. The average Bonchev–Trinajstić information content (AvgIpc) is 2.89. The Labute approximate surface area is 115 Å². The summed E-state index contributed by atoms with van der Waals surface area (Å²) in [5.41, 5.74) is 0.896. The fourth-order valence-electron chi connectivity index (χ4n) is 3.65. The van der Waals surface area contributed by atoms with Crippen molar-refractivity contribution >= 4 is 27.5 Å². The van der Waals surface area contributed by atoms with E-state index in [1.807, 2.05) is 18.2 Å². The molecule has 1 nitrogen and oxygen atoms in total. The van der Waals surface area contributed by atoms with Crippen molar-refractivity contribution in [2.75, 3.05) is 0 Å². The summed E-state index contributed by atoms with van der Waals surface area (Å²) in [7, 11) is 0. The van der Waals surface area contributed by atoms with Gasteiger partial charge in [0, 0.05) is 9.50 Å². The van der Waals surface area contributed by atoms with E-state index in [9.17, 15) is 5.11 Å². The molecule has 2 aliphatic carbocycles. The molecule has 0 saturated heterocycles. The highest BCUT2D eigenvalue weighted by atomic mass is 79.9. The van der Waals surface area contributed by atoms with E-state index in [0.29, 0.717) is 10.9 Å². The Kier molecular flexibility index (Phi) is 3.22. The first-order chi connectivity index (χ1) is 8.15. The zero-order chi connectivity index (χ0) is 12.0. The Morgan fingerprint density at radius 1 is 1.29 bits per heavy atom. The molecule has 92 valence electrons.